The van der Waals surface area contributed by atoms with Gasteiger partial charge in [-0.05, 0) is 18.2 Å². The Balaban J connectivity index is 1.60. The summed E-state index contributed by atoms with van der Waals surface area (Å²) in [5.41, 5.74) is 3.16. The summed E-state index contributed by atoms with van der Waals surface area (Å²) >= 11 is 14.5. The molecule has 1 atom stereocenters. The zero-order valence-corrected chi connectivity index (χ0v) is 18.8. The van der Waals surface area contributed by atoms with Gasteiger partial charge >= 0.3 is 6.09 Å². The van der Waals surface area contributed by atoms with Crippen LogP contribution in [0.3, 0.4) is 0 Å². The number of halogens is 3. The smallest absolute Gasteiger partial charge is 0.407 e. The van der Waals surface area contributed by atoms with E-state index in [0.717, 1.165) is 0 Å². The van der Waals surface area contributed by atoms with Gasteiger partial charge in [-0.2, -0.15) is 0 Å². The van der Waals surface area contributed by atoms with Crippen LogP contribution in [-0.4, -0.2) is 64.2 Å². The van der Waals surface area contributed by atoms with E-state index in [2.05, 4.69) is 4.98 Å². The van der Waals surface area contributed by atoms with Gasteiger partial charge in [-0.3, -0.25) is 4.79 Å². The molecule has 0 aliphatic carbocycles. The summed E-state index contributed by atoms with van der Waals surface area (Å²) in [4.78, 5) is 31.9. The monoisotopic (exact) mass is 495 g/mol. The van der Waals surface area contributed by atoms with Crippen molar-refractivity contribution in [3.05, 3.63) is 45.1 Å². The van der Waals surface area contributed by atoms with Crippen LogP contribution in [0.15, 0.2) is 23.7 Å². The molecule has 2 amide bonds. The highest BCUT2D eigenvalue weighted by Gasteiger charge is 2.37. The third-order valence-corrected chi connectivity index (χ3v) is 7.31. The van der Waals surface area contributed by atoms with Crippen molar-refractivity contribution in [3.8, 4) is 16.9 Å². The first-order valence-electron chi connectivity index (χ1n) is 9.82. The minimum absolute atomic E-state index is 0.157. The fourth-order valence-electron chi connectivity index (χ4n) is 4.26. The molecule has 0 radical (unpaired) electrons. The summed E-state index contributed by atoms with van der Waals surface area (Å²) in [5, 5.41) is 9.67. The van der Waals surface area contributed by atoms with Crippen molar-refractivity contribution in [2.45, 2.75) is 12.5 Å². The van der Waals surface area contributed by atoms with Gasteiger partial charge < -0.3 is 19.6 Å². The van der Waals surface area contributed by atoms with Gasteiger partial charge in [-0.1, -0.05) is 23.2 Å². The standard InChI is InChI=1S/C21H16Cl2FN3O4S/c22-13-7-12-18(16(23)15(13)11-1-2-14(24)19-17(11)25-9-32-19)31-6-3-10-8-26(21(29)30)4-5-27(10)20(12)28/h1-2,7,9-10H,3-6,8H2,(H,29,30)/t10-/m0/s1. The number of ether oxygens (including phenoxy) is 1. The molecule has 0 spiro atoms. The lowest BCUT2D eigenvalue weighted by molar-refractivity contribution is 0.0375. The number of amides is 2. The highest BCUT2D eigenvalue weighted by atomic mass is 35.5. The largest absolute Gasteiger partial charge is 0.491 e. The van der Waals surface area contributed by atoms with Crippen molar-refractivity contribution in [1.29, 1.82) is 0 Å². The number of carboxylic acid groups (broad SMARTS) is 1. The quantitative estimate of drug-likeness (QED) is 0.513. The van der Waals surface area contributed by atoms with Crippen LogP contribution in [0.4, 0.5) is 9.18 Å². The summed E-state index contributed by atoms with van der Waals surface area (Å²) in [7, 11) is 0. The van der Waals surface area contributed by atoms with Gasteiger partial charge in [0.05, 0.1) is 44.0 Å². The summed E-state index contributed by atoms with van der Waals surface area (Å²) in [6.45, 7) is 0.955. The predicted octanol–water partition coefficient (Wildman–Crippen LogP) is 5.00. The van der Waals surface area contributed by atoms with Crippen LogP contribution in [-0.2, 0) is 0 Å². The van der Waals surface area contributed by atoms with E-state index in [-0.39, 0.29) is 65.4 Å². The van der Waals surface area contributed by atoms with Crippen LogP contribution >= 0.6 is 34.5 Å². The maximum atomic E-state index is 14.2. The molecule has 2 aliphatic heterocycles. The zero-order chi connectivity index (χ0) is 22.6. The second kappa shape index (κ2) is 8.06. The minimum Gasteiger partial charge on any atom is -0.491 e. The molecule has 7 nitrogen and oxygen atoms in total. The third-order valence-electron chi connectivity index (χ3n) is 5.82. The topological polar surface area (TPSA) is 83.0 Å². The van der Waals surface area contributed by atoms with Crippen molar-refractivity contribution >= 4 is 56.8 Å². The molecule has 2 aliphatic rings. The van der Waals surface area contributed by atoms with Crippen LogP contribution in [0, 0.1) is 5.82 Å². The van der Waals surface area contributed by atoms with E-state index in [9.17, 15) is 19.1 Å². The summed E-state index contributed by atoms with van der Waals surface area (Å²) in [5.74, 6) is -0.492. The second-order valence-corrected chi connectivity index (χ2v) is 9.21. The van der Waals surface area contributed by atoms with Gasteiger partial charge in [-0.15, -0.1) is 11.3 Å². The predicted molar refractivity (Wildman–Crippen MR) is 120 cm³/mol. The number of rotatable bonds is 1. The Morgan fingerprint density at radius 1 is 1.28 bits per heavy atom. The Hall–Kier alpha value is -2.62. The number of hydrogen-bond acceptors (Lipinski definition) is 5. The summed E-state index contributed by atoms with van der Waals surface area (Å²) < 4.78 is 20.5. The average molecular weight is 496 g/mol. The van der Waals surface area contributed by atoms with Gasteiger partial charge in [0.25, 0.3) is 5.91 Å². The SMILES string of the molecule is O=C(O)N1CCN2C(=O)c3cc(Cl)c(-c4ccc(F)c5scnc45)c(Cl)c3OCC[C@H]2C1. The normalized spacial score (nSPS) is 18.6. The number of fused-ring (bicyclic) bond motifs is 3. The van der Waals surface area contributed by atoms with Gasteiger partial charge in [0.1, 0.15) is 5.82 Å². The van der Waals surface area contributed by atoms with Crippen LogP contribution < -0.4 is 4.74 Å². The molecule has 3 aromatic rings. The Morgan fingerprint density at radius 2 is 2.09 bits per heavy atom. The van der Waals surface area contributed by atoms with E-state index in [0.29, 0.717) is 27.8 Å². The molecule has 5 rings (SSSR count). The van der Waals surface area contributed by atoms with E-state index in [1.165, 1.54) is 28.4 Å². The van der Waals surface area contributed by atoms with E-state index in [4.69, 9.17) is 27.9 Å². The third kappa shape index (κ3) is 3.35. The summed E-state index contributed by atoms with van der Waals surface area (Å²) in [6, 6.07) is 4.10. The Kier molecular flexibility index (Phi) is 5.35. The Morgan fingerprint density at radius 3 is 2.88 bits per heavy atom. The van der Waals surface area contributed by atoms with Crippen molar-refractivity contribution in [2.75, 3.05) is 26.2 Å². The van der Waals surface area contributed by atoms with Gasteiger partial charge in [0.15, 0.2) is 5.75 Å². The molecule has 1 saturated heterocycles. The van der Waals surface area contributed by atoms with E-state index in [1.807, 2.05) is 0 Å². The van der Waals surface area contributed by atoms with Gasteiger partial charge in [-0.25, -0.2) is 14.2 Å². The van der Waals surface area contributed by atoms with Crippen molar-refractivity contribution in [3.63, 3.8) is 0 Å². The maximum absolute atomic E-state index is 14.2. The molecule has 0 bridgehead atoms. The Bertz CT molecular complexity index is 1270. The maximum Gasteiger partial charge on any atom is 0.407 e. The molecule has 1 aromatic heterocycles. The molecule has 166 valence electrons. The number of benzene rings is 2. The highest BCUT2D eigenvalue weighted by Crippen LogP contribution is 2.46. The summed E-state index contributed by atoms with van der Waals surface area (Å²) in [6.07, 6.45) is -0.556. The fourth-order valence-corrected chi connectivity index (χ4v) is 5.70. The molecule has 1 fully saturated rings. The molecular weight excluding hydrogens is 480 g/mol. The molecule has 1 N–H and O–H groups in total. The second-order valence-electron chi connectivity index (χ2n) is 7.57. The molecular formula is C21H16Cl2FN3O4S. The first kappa shape index (κ1) is 21.2. The highest BCUT2D eigenvalue weighted by molar-refractivity contribution is 7.16. The minimum atomic E-state index is -1.01. The number of carbonyl (C=O) groups excluding carboxylic acids is 1. The van der Waals surface area contributed by atoms with Crippen LogP contribution in [0.5, 0.6) is 5.75 Å². The van der Waals surface area contributed by atoms with E-state index in [1.54, 1.807) is 16.5 Å². The Labute approximate surface area is 195 Å². The first-order chi connectivity index (χ1) is 15.4. The number of carbonyl (C=O) groups is 2. The first-order valence-corrected chi connectivity index (χ1v) is 11.5. The van der Waals surface area contributed by atoms with Crippen LogP contribution in [0.25, 0.3) is 21.3 Å². The van der Waals surface area contributed by atoms with Crippen LogP contribution in [0.1, 0.15) is 16.8 Å². The molecule has 11 heteroatoms. The lowest BCUT2D eigenvalue weighted by atomic mass is 9.99. The number of aromatic nitrogens is 1. The van der Waals surface area contributed by atoms with Crippen molar-refractivity contribution in [1.82, 2.24) is 14.8 Å². The lowest BCUT2D eigenvalue weighted by Gasteiger charge is -2.41. The lowest BCUT2D eigenvalue weighted by Crippen LogP contribution is -2.57. The molecule has 0 unspecified atom stereocenters. The molecule has 32 heavy (non-hydrogen) atoms. The number of hydrogen-bond donors (Lipinski definition) is 1. The number of nitrogens with zero attached hydrogens (tertiary/aromatic N) is 3. The molecule has 3 heterocycles. The van der Waals surface area contributed by atoms with Gasteiger partial charge in [0, 0.05) is 37.2 Å². The fraction of sp³-hybridized carbons (Fsp3) is 0.286. The average Bonchev–Trinajstić information content (AvgIpc) is 3.26. The van der Waals surface area contributed by atoms with Gasteiger partial charge in [0.2, 0.25) is 0 Å². The van der Waals surface area contributed by atoms with Crippen molar-refractivity contribution in [2.24, 2.45) is 0 Å². The van der Waals surface area contributed by atoms with Crippen molar-refractivity contribution < 1.29 is 23.8 Å². The number of piperazine rings is 1. The van der Waals surface area contributed by atoms with E-state index >= 15 is 0 Å². The zero-order valence-electron chi connectivity index (χ0n) is 16.5. The van der Waals surface area contributed by atoms with E-state index < -0.39 is 6.09 Å². The molecule has 2 aromatic carbocycles. The van der Waals surface area contributed by atoms with Crippen LogP contribution in [0.2, 0.25) is 10.0 Å². The number of thiazole rings is 1. The molecule has 0 saturated carbocycles.